The fourth-order valence-electron chi connectivity index (χ4n) is 1.80. The average Bonchev–Trinajstić information content (AvgIpc) is 2.24. The molecule has 1 aliphatic carbocycles. The summed E-state index contributed by atoms with van der Waals surface area (Å²) in [4.78, 5) is 8.07. The zero-order chi connectivity index (χ0) is 11.6. The molecule has 3 nitrogen and oxygen atoms in total. The number of hydrogen-bond donors (Lipinski definition) is 0. The van der Waals surface area contributed by atoms with Gasteiger partial charge in [-0.1, -0.05) is 0 Å². The van der Waals surface area contributed by atoms with Crippen LogP contribution in [0.4, 0.5) is 8.78 Å². The van der Waals surface area contributed by atoms with E-state index in [2.05, 4.69) is 9.97 Å². The van der Waals surface area contributed by atoms with E-state index >= 15 is 0 Å². The molecule has 0 aliphatic heterocycles. The van der Waals surface area contributed by atoms with E-state index in [1.807, 2.05) is 0 Å². The maximum atomic E-state index is 12.9. The molecule has 1 aromatic heterocycles. The lowest BCUT2D eigenvalue weighted by atomic mass is 9.94. The number of aromatic nitrogens is 2. The van der Waals surface area contributed by atoms with E-state index < -0.39 is 5.92 Å². The SMILES string of the molecule is Cc1nccnc1OC1CCC(F)(F)CC1. The second-order valence-corrected chi connectivity index (χ2v) is 4.12. The highest BCUT2D eigenvalue weighted by Gasteiger charge is 2.35. The van der Waals surface area contributed by atoms with Crippen LogP contribution in [0.3, 0.4) is 0 Å². The van der Waals surface area contributed by atoms with Crippen molar-refractivity contribution in [1.29, 1.82) is 0 Å². The zero-order valence-corrected chi connectivity index (χ0v) is 9.12. The lowest BCUT2D eigenvalue weighted by Gasteiger charge is -2.28. The van der Waals surface area contributed by atoms with Crippen LogP contribution in [0.15, 0.2) is 12.4 Å². The molecule has 0 spiro atoms. The van der Waals surface area contributed by atoms with Crippen LogP contribution in [0, 0.1) is 6.92 Å². The van der Waals surface area contributed by atoms with Crippen LogP contribution < -0.4 is 4.74 Å². The van der Waals surface area contributed by atoms with Crippen molar-refractivity contribution in [2.24, 2.45) is 0 Å². The normalized spacial score (nSPS) is 20.7. The molecule has 1 fully saturated rings. The summed E-state index contributed by atoms with van der Waals surface area (Å²) in [6.45, 7) is 1.79. The summed E-state index contributed by atoms with van der Waals surface area (Å²) in [5.41, 5.74) is 0.694. The Labute approximate surface area is 92.9 Å². The van der Waals surface area contributed by atoms with Gasteiger partial charge in [-0.2, -0.15) is 0 Å². The van der Waals surface area contributed by atoms with Gasteiger partial charge in [-0.3, -0.25) is 4.98 Å². The van der Waals surface area contributed by atoms with Crippen LogP contribution in [-0.2, 0) is 0 Å². The maximum absolute atomic E-state index is 12.9. The molecule has 16 heavy (non-hydrogen) atoms. The van der Waals surface area contributed by atoms with Crippen molar-refractivity contribution in [2.45, 2.75) is 44.6 Å². The van der Waals surface area contributed by atoms with E-state index in [1.54, 1.807) is 19.3 Å². The molecule has 0 amide bonds. The Morgan fingerprint density at radius 2 is 1.88 bits per heavy atom. The summed E-state index contributed by atoms with van der Waals surface area (Å²) in [6.07, 6.45) is 3.52. The van der Waals surface area contributed by atoms with Crippen LogP contribution in [0.25, 0.3) is 0 Å². The van der Waals surface area contributed by atoms with Gasteiger partial charge in [-0.25, -0.2) is 13.8 Å². The molecular formula is C11H14F2N2O. The van der Waals surface area contributed by atoms with E-state index in [4.69, 9.17) is 4.74 Å². The summed E-state index contributed by atoms with van der Waals surface area (Å²) in [5.74, 6) is -2.06. The first-order chi connectivity index (χ1) is 7.57. The van der Waals surface area contributed by atoms with Crippen molar-refractivity contribution in [3.05, 3.63) is 18.1 Å². The largest absolute Gasteiger partial charge is 0.473 e. The first kappa shape index (κ1) is 11.2. The van der Waals surface area contributed by atoms with Gasteiger partial charge in [0.25, 0.3) is 0 Å². The van der Waals surface area contributed by atoms with Crippen LogP contribution in [-0.4, -0.2) is 22.0 Å². The summed E-state index contributed by atoms with van der Waals surface area (Å²) >= 11 is 0. The van der Waals surface area contributed by atoms with Crippen molar-refractivity contribution in [2.75, 3.05) is 0 Å². The Hall–Kier alpha value is -1.26. The van der Waals surface area contributed by atoms with Crippen LogP contribution in [0.2, 0.25) is 0 Å². The molecular weight excluding hydrogens is 214 g/mol. The summed E-state index contributed by atoms with van der Waals surface area (Å²) in [7, 11) is 0. The Morgan fingerprint density at radius 3 is 2.50 bits per heavy atom. The third-order valence-corrected chi connectivity index (χ3v) is 2.78. The second kappa shape index (κ2) is 4.31. The molecule has 0 saturated heterocycles. The Balaban J connectivity index is 1.95. The van der Waals surface area contributed by atoms with Gasteiger partial charge in [-0.05, 0) is 19.8 Å². The standard InChI is InChI=1S/C11H14F2N2O/c1-8-10(15-7-6-14-8)16-9-2-4-11(12,13)5-3-9/h6-7,9H,2-5H2,1H3. The lowest BCUT2D eigenvalue weighted by molar-refractivity contribution is -0.0589. The summed E-state index contributed by atoms with van der Waals surface area (Å²) < 4.78 is 31.4. The number of halogens is 2. The van der Waals surface area contributed by atoms with Crippen molar-refractivity contribution in [1.82, 2.24) is 9.97 Å². The Morgan fingerprint density at radius 1 is 1.25 bits per heavy atom. The van der Waals surface area contributed by atoms with E-state index in [0.717, 1.165) is 0 Å². The molecule has 5 heteroatoms. The lowest BCUT2D eigenvalue weighted by Crippen LogP contribution is -2.31. The van der Waals surface area contributed by atoms with Gasteiger partial charge in [0.2, 0.25) is 11.8 Å². The zero-order valence-electron chi connectivity index (χ0n) is 9.12. The molecule has 1 aliphatic rings. The topological polar surface area (TPSA) is 35.0 Å². The number of nitrogens with zero attached hydrogens (tertiary/aromatic N) is 2. The van der Waals surface area contributed by atoms with Crippen molar-refractivity contribution >= 4 is 0 Å². The smallest absolute Gasteiger partial charge is 0.248 e. The molecule has 1 aromatic rings. The molecule has 0 aromatic carbocycles. The minimum absolute atomic E-state index is 0.100. The van der Waals surface area contributed by atoms with E-state index in [0.29, 0.717) is 24.4 Å². The molecule has 0 N–H and O–H groups in total. The molecule has 88 valence electrons. The molecule has 0 radical (unpaired) electrons. The number of alkyl halides is 2. The predicted molar refractivity (Wildman–Crippen MR) is 54.6 cm³/mol. The molecule has 1 saturated carbocycles. The third kappa shape index (κ3) is 2.65. The van der Waals surface area contributed by atoms with Crippen LogP contribution in [0.5, 0.6) is 5.88 Å². The molecule has 0 atom stereocenters. The van der Waals surface area contributed by atoms with Gasteiger partial charge >= 0.3 is 0 Å². The van der Waals surface area contributed by atoms with Crippen molar-refractivity contribution < 1.29 is 13.5 Å². The third-order valence-electron chi connectivity index (χ3n) is 2.78. The Kier molecular flexibility index (Phi) is 3.03. The monoisotopic (exact) mass is 228 g/mol. The summed E-state index contributed by atoms with van der Waals surface area (Å²) in [6, 6.07) is 0. The second-order valence-electron chi connectivity index (χ2n) is 4.12. The highest BCUT2D eigenvalue weighted by molar-refractivity contribution is 5.15. The highest BCUT2D eigenvalue weighted by Crippen LogP contribution is 2.34. The van der Waals surface area contributed by atoms with Gasteiger partial charge in [0, 0.05) is 25.2 Å². The average molecular weight is 228 g/mol. The van der Waals surface area contributed by atoms with Gasteiger partial charge < -0.3 is 4.74 Å². The van der Waals surface area contributed by atoms with Crippen molar-refractivity contribution in [3.63, 3.8) is 0 Å². The van der Waals surface area contributed by atoms with E-state index in [-0.39, 0.29) is 18.9 Å². The summed E-state index contributed by atoms with van der Waals surface area (Å²) in [5, 5.41) is 0. The van der Waals surface area contributed by atoms with E-state index in [1.165, 1.54) is 0 Å². The number of aryl methyl sites for hydroxylation is 1. The molecule has 1 heterocycles. The van der Waals surface area contributed by atoms with Gasteiger partial charge in [-0.15, -0.1) is 0 Å². The van der Waals surface area contributed by atoms with Crippen LogP contribution >= 0.6 is 0 Å². The quantitative estimate of drug-likeness (QED) is 0.780. The molecule has 0 bridgehead atoms. The predicted octanol–water partition coefficient (Wildman–Crippen LogP) is 2.74. The minimum atomic E-state index is -2.52. The first-order valence-corrected chi connectivity index (χ1v) is 5.39. The minimum Gasteiger partial charge on any atom is -0.473 e. The van der Waals surface area contributed by atoms with E-state index in [9.17, 15) is 8.78 Å². The van der Waals surface area contributed by atoms with Gasteiger partial charge in [0.15, 0.2) is 0 Å². The fourth-order valence-corrected chi connectivity index (χ4v) is 1.80. The Bertz CT molecular complexity index is 361. The number of ether oxygens (including phenoxy) is 1. The number of rotatable bonds is 2. The van der Waals surface area contributed by atoms with Gasteiger partial charge in [0.05, 0.1) is 5.69 Å². The first-order valence-electron chi connectivity index (χ1n) is 5.39. The maximum Gasteiger partial charge on any atom is 0.248 e. The highest BCUT2D eigenvalue weighted by atomic mass is 19.3. The van der Waals surface area contributed by atoms with Crippen LogP contribution in [0.1, 0.15) is 31.4 Å². The number of hydrogen-bond acceptors (Lipinski definition) is 3. The molecule has 2 rings (SSSR count). The molecule has 0 unspecified atom stereocenters. The fraction of sp³-hybridized carbons (Fsp3) is 0.636. The van der Waals surface area contributed by atoms with Gasteiger partial charge in [0.1, 0.15) is 6.10 Å². The van der Waals surface area contributed by atoms with Crippen molar-refractivity contribution in [3.8, 4) is 5.88 Å².